The SMILES string of the molecule is CCOC(=O)[C@H](Cc1ccc(Oc2nccc3ccncc23)cc1)NC1=CC(=O)C12CCCCC2. The molecule has 0 aliphatic heterocycles. The fourth-order valence-corrected chi connectivity index (χ4v) is 5.04. The molecule has 5 rings (SSSR count). The Balaban J connectivity index is 1.30. The van der Waals surface area contributed by atoms with E-state index < -0.39 is 11.5 Å². The van der Waals surface area contributed by atoms with Gasteiger partial charge in [0.1, 0.15) is 11.8 Å². The number of esters is 1. The summed E-state index contributed by atoms with van der Waals surface area (Å²) in [6.45, 7) is 2.10. The molecule has 2 aliphatic rings. The molecule has 1 aromatic carbocycles. The Hall–Kier alpha value is -3.74. The van der Waals surface area contributed by atoms with Gasteiger partial charge < -0.3 is 14.8 Å². The summed E-state index contributed by atoms with van der Waals surface area (Å²) >= 11 is 0. The van der Waals surface area contributed by atoms with E-state index >= 15 is 0 Å². The van der Waals surface area contributed by atoms with Crippen molar-refractivity contribution in [3.8, 4) is 11.6 Å². The molecule has 1 fully saturated rings. The predicted molar refractivity (Wildman–Crippen MR) is 132 cm³/mol. The van der Waals surface area contributed by atoms with Gasteiger partial charge in [0.15, 0.2) is 5.78 Å². The fourth-order valence-electron chi connectivity index (χ4n) is 5.04. The topological polar surface area (TPSA) is 90.4 Å². The third-order valence-corrected chi connectivity index (χ3v) is 6.98. The van der Waals surface area contributed by atoms with E-state index in [0.29, 0.717) is 24.7 Å². The van der Waals surface area contributed by atoms with Crippen LogP contribution in [0.4, 0.5) is 0 Å². The van der Waals surface area contributed by atoms with Crippen molar-refractivity contribution < 1.29 is 19.1 Å². The first-order valence-corrected chi connectivity index (χ1v) is 12.2. The predicted octanol–water partition coefficient (Wildman–Crippen LogP) is 4.90. The summed E-state index contributed by atoms with van der Waals surface area (Å²) in [6.07, 6.45) is 12.2. The van der Waals surface area contributed by atoms with E-state index in [2.05, 4.69) is 15.3 Å². The molecule has 1 saturated carbocycles. The first-order valence-electron chi connectivity index (χ1n) is 12.2. The van der Waals surface area contributed by atoms with Crippen molar-refractivity contribution in [3.05, 3.63) is 72.3 Å². The number of carbonyl (C=O) groups excluding carboxylic acids is 2. The second-order valence-corrected chi connectivity index (χ2v) is 9.18. The molecule has 180 valence electrons. The summed E-state index contributed by atoms with van der Waals surface area (Å²) in [4.78, 5) is 33.8. The lowest BCUT2D eigenvalue weighted by Gasteiger charge is -2.44. The van der Waals surface area contributed by atoms with Crippen LogP contribution in [0, 0.1) is 5.41 Å². The van der Waals surface area contributed by atoms with Crippen LogP contribution in [-0.2, 0) is 20.7 Å². The second kappa shape index (κ2) is 9.86. The van der Waals surface area contributed by atoms with Crippen molar-refractivity contribution in [2.24, 2.45) is 5.41 Å². The highest BCUT2D eigenvalue weighted by Crippen LogP contribution is 2.48. The van der Waals surface area contributed by atoms with Crippen LogP contribution in [0.3, 0.4) is 0 Å². The minimum absolute atomic E-state index is 0.182. The third-order valence-electron chi connectivity index (χ3n) is 6.98. The Bertz CT molecular complexity index is 1260. The average molecular weight is 472 g/mol. The zero-order chi connectivity index (χ0) is 24.3. The van der Waals surface area contributed by atoms with E-state index in [-0.39, 0.29) is 11.8 Å². The normalized spacial score (nSPS) is 17.4. The van der Waals surface area contributed by atoms with Crippen molar-refractivity contribution in [3.63, 3.8) is 0 Å². The van der Waals surface area contributed by atoms with E-state index in [1.54, 1.807) is 31.6 Å². The van der Waals surface area contributed by atoms with Gasteiger partial charge in [-0.05, 0) is 55.0 Å². The van der Waals surface area contributed by atoms with Crippen molar-refractivity contribution in [2.75, 3.05) is 6.61 Å². The van der Waals surface area contributed by atoms with Crippen LogP contribution in [0.5, 0.6) is 11.6 Å². The summed E-state index contributed by atoms with van der Waals surface area (Å²) in [5.41, 5.74) is 1.41. The van der Waals surface area contributed by atoms with E-state index in [4.69, 9.17) is 9.47 Å². The van der Waals surface area contributed by atoms with Crippen molar-refractivity contribution >= 4 is 22.5 Å². The van der Waals surface area contributed by atoms with Gasteiger partial charge >= 0.3 is 5.97 Å². The minimum atomic E-state index is -0.564. The second-order valence-electron chi connectivity index (χ2n) is 9.18. The van der Waals surface area contributed by atoms with Gasteiger partial charge in [0.05, 0.1) is 17.4 Å². The van der Waals surface area contributed by atoms with Crippen LogP contribution < -0.4 is 10.1 Å². The van der Waals surface area contributed by atoms with Crippen molar-refractivity contribution in [1.82, 2.24) is 15.3 Å². The van der Waals surface area contributed by atoms with Gasteiger partial charge in [-0.1, -0.05) is 31.4 Å². The molecular formula is C28H29N3O4. The smallest absolute Gasteiger partial charge is 0.328 e. The number of hydrogen-bond acceptors (Lipinski definition) is 7. The fraction of sp³-hybridized carbons (Fsp3) is 0.357. The van der Waals surface area contributed by atoms with Crippen LogP contribution in [0.1, 0.15) is 44.6 Å². The average Bonchev–Trinajstić information content (AvgIpc) is 2.90. The molecule has 0 unspecified atom stereocenters. The lowest BCUT2D eigenvalue weighted by atomic mass is 9.62. The molecule has 7 heteroatoms. The third kappa shape index (κ3) is 4.63. The van der Waals surface area contributed by atoms with Crippen LogP contribution in [0.15, 0.2) is 66.8 Å². The molecule has 3 aromatic rings. The highest BCUT2D eigenvalue weighted by molar-refractivity contribution is 6.05. The number of allylic oxidation sites excluding steroid dienone is 2. The standard InChI is InChI=1S/C28H29N3O4/c1-2-34-27(33)23(31-24-17-25(32)28(24)12-4-3-5-13-28)16-19-6-8-21(9-7-19)35-26-22-18-29-14-10-20(22)11-15-30-26/h6-11,14-15,17-18,23,31H,2-5,12-13,16H2,1H3/t23-/m0/s1. The highest BCUT2D eigenvalue weighted by Gasteiger charge is 2.49. The molecule has 0 saturated heterocycles. The molecule has 1 atom stereocenters. The molecule has 2 aliphatic carbocycles. The Morgan fingerprint density at radius 3 is 2.60 bits per heavy atom. The molecule has 1 spiro atoms. The van der Waals surface area contributed by atoms with Gasteiger partial charge in [-0.25, -0.2) is 9.78 Å². The Labute approximate surface area is 204 Å². The molecular weight excluding hydrogens is 442 g/mol. The lowest BCUT2D eigenvalue weighted by Crippen LogP contribution is -2.52. The molecule has 2 aromatic heterocycles. The molecule has 2 heterocycles. The van der Waals surface area contributed by atoms with Gasteiger partial charge in [0.25, 0.3) is 0 Å². The summed E-state index contributed by atoms with van der Waals surface area (Å²) in [7, 11) is 0. The van der Waals surface area contributed by atoms with E-state index in [0.717, 1.165) is 54.1 Å². The number of benzene rings is 1. The van der Waals surface area contributed by atoms with E-state index in [9.17, 15) is 9.59 Å². The number of ketones is 1. The number of nitrogens with zero attached hydrogens (tertiary/aromatic N) is 2. The summed E-state index contributed by atoms with van der Waals surface area (Å²) in [6, 6.07) is 10.9. The maximum atomic E-state index is 12.8. The first kappa shape index (κ1) is 23.0. The largest absolute Gasteiger partial charge is 0.464 e. The quantitative estimate of drug-likeness (QED) is 0.467. The summed E-state index contributed by atoms with van der Waals surface area (Å²) < 4.78 is 11.4. The number of rotatable bonds is 8. The Morgan fingerprint density at radius 2 is 1.86 bits per heavy atom. The van der Waals surface area contributed by atoms with Gasteiger partial charge in [-0.3, -0.25) is 9.78 Å². The zero-order valence-electron chi connectivity index (χ0n) is 19.8. The lowest BCUT2D eigenvalue weighted by molar-refractivity contribution is -0.146. The molecule has 0 bridgehead atoms. The van der Waals surface area contributed by atoms with Gasteiger partial charge in [-0.2, -0.15) is 0 Å². The number of aromatic nitrogens is 2. The monoisotopic (exact) mass is 471 g/mol. The highest BCUT2D eigenvalue weighted by atomic mass is 16.5. The van der Waals surface area contributed by atoms with Gasteiger partial charge in [-0.15, -0.1) is 0 Å². The zero-order valence-corrected chi connectivity index (χ0v) is 19.8. The van der Waals surface area contributed by atoms with E-state index in [1.165, 1.54) is 0 Å². The van der Waals surface area contributed by atoms with Crippen LogP contribution in [0.25, 0.3) is 10.8 Å². The number of nitrogens with one attached hydrogen (secondary N) is 1. The van der Waals surface area contributed by atoms with Gasteiger partial charge in [0.2, 0.25) is 5.88 Å². The number of ether oxygens (including phenoxy) is 2. The van der Waals surface area contributed by atoms with Crippen molar-refractivity contribution in [2.45, 2.75) is 51.5 Å². The van der Waals surface area contributed by atoms with Crippen LogP contribution >= 0.6 is 0 Å². The summed E-state index contributed by atoms with van der Waals surface area (Å²) in [5.74, 6) is 1.01. The molecule has 1 N–H and O–H groups in total. The molecule has 35 heavy (non-hydrogen) atoms. The number of carbonyl (C=O) groups is 2. The molecule has 0 radical (unpaired) electrons. The maximum absolute atomic E-state index is 12.8. The Morgan fingerprint density at radius 1 is 1.09 bits per heavy atom. The minimum Gasteiger partial charge on any atom is -0.464 e. The maximum Gasteiger partial charge on any atom is 0.328 e. The number of hydrogen-bond donors (Lipinski definition) is 1. The number of pyridine rings is 2. The van der Waals surface area contributed by atoms with E-state index in [1.807, 2.05) is 36.4 Å². The summed E-state index contributed by atoms with van der Waals surface area (Å²) in [5, 5.41) is 5.21. The van der Waals surface area contributed by atoms with Crippen molar-refractivity contribution in [1.29, 1.82) is 0 Å². The molecule has 7 nitrogen and oxygen atoms in total. The van der Waals surface area contributed by atoms with Crippen LogP contribution in [0.2, 0.25) is 0 Å². The molecule has 0 amide bonds. The number of fused-ring (bicyclic) bond motifs is 1. The Kier molecular flexibility index (Phi) is 6.49. The van der Waals surface area contributed by atoms with Gasteiger partial charge in [0, 0.05) is 36.8 Å². The first-order chi connectivity index (χ1) is 17.1. The van der Waals surface area contributed by atoms with Crippen LogP contribution in [-0.4, -0.2) is 34.4 Å².